The van der Waals surface area contributed by atoms with Gasteiger partial charge in [0.2, 0.25) is 5.88 Å². The fourth-order valence-corrected chi connectivity index (χ4v) is 3.89. The Kier molecular flexibility index (Phi) is 5.19. The van der Waals surface area contributed by atoms with Gasteiger partial charge in [-0.05, 0) is 47.6 Å². The fourth-order valence-electron chi connectivity index (χ4n) is 3.89. The third-order valence-electron chi connectivity index (χ3n) is 5.36. The number of pyridine rings is 1. The number of nitrogens with one attached hydrogen (secondary N) is 1. The third kappa shape index (κ3) is 3.76. The molecule has 0 unspecified atom stereocenters. The molecule has 0 fully saturated rings. The van der Waals surface area contributed by atoms with Crippen molar-refractivity contribution in [2.75, 3.05) is 12.1 Å². The van der Waals surface area contributed by atoms with Gasteiger partial charge in [-0.15, -0.1) is 4.91 Å². The molecular weight excluding hydrogens is 431 g/mol. The zero-order valence-corrected chi connectivity index (χ0v) is 17.1. The van der Waals surface area contributed by atoms with E-state index in [1.165, 1.54) is 22.9 Å². The number of aromatic nitrogens is 2. The van der Waals surface area contributed by atoms with Crippen molar-refractivity contribution in [1.29, 1.82) is 0 Å². The van der Waals surface area contributed by atoms with Gasteiger partial charge in [-0.3, -0.25) is 9.78 Å². The Bertz CT molecular complexity index is 1390. The van der Waals surface area contributed by atoms with Crippen molar-refractivity contribution in [2.24, 2.45) is 5.18 Å². The first-order valence-corrected chi connectivity index (χ1v) is 9.97. The number of fused-ring (bicyclic) bond motifs is 2. The van der Waals surface area contributed by atoms with Gasteiger partial charge in [-0.25, -0.2) is 4.39 Å². The molecule has 0 bridgehead atoms. The van der Waals surface area contributed by atoms with E-state index in [1.807, 2.05) is 0 Å². The molecule has 0 atom stereocenters. The van der Waals surface area contributed by atoms with E-state index >= 15 is 0 Å². The lowest BCUT2D eigenvalue weighted by atomic mass is 10.1. The summed E-state index contributed by atoms with van der Waals surface area (Å²) in [4.78, 5) is 27.9. The Morgan fingerprint density at radius 1 is 1.27 bits per heavy atom. The van der Waals surface area contributed by atoms with E-state index in [2.05, 4.69) is 15.5 Å². The minimum absolute atomic E-state index is 0.00203. The van der Waals surface area contributed by atoms with Crippen molar-refractivity contribution in [1.82, 2.24) is 9.55 Å². The van der Waals surface area contributed by atoms with E-state index < -0.39 is 5.82 Å². The zero-order valence-electron chi connectivity index (χ0n) is 17.1. The molecule has 0 saturated heterocycles. The molecule has 0 aliphatic carbocycles. The Hall–Kier alpha value is -4.31. The second kappa shape index (κ2) is 8.32. The van der Waals surface area contributed by atoms with Gasteiger partial charge in [0.25, 0.3) is 5.91 Å². The van der Waals surface area contributed by atoms with E-state index in [0.717, 1.165) is 0 Å². The van der Waals surface area contributed by atoms with Crippen molar-refractivity contribution >= 4 is 28.2 Å². The van der Waals surface area contributed by atoms with Crippen LogP contribution in [0.25, 0.3) is 10.9 Å². The molecular formula is C23H17FN4O5. The first kappa shape index (κ1) is 20.6. The van der Waals surface area contributed by atoms with Crippen LogP contribution in [-0.2, 0) is 17.9 Å². The van der Waals surface area contributed by atoms with E-state index in [9.17, 15) is 19.2 Å². The highest BCUT2D eigenvalue weighted by Crippen LogP contribution is 2.41. The lowest BCUT2D eigenvalue weighted by molar-refractivity contribution is -0.0173. The normalized spacial score (nSPS) is 12.8. The smallest absolute Gasteiger partial charge is 0.257 e. The SMILES string of the molecule is O=Nc1c(O)n(Cc2cc(F)cc3c2OCOC3)c2cc(NC(=O)c3cccnc3)ccc12. The average molecular weight is 448 g/mol. The zero-order chi connectivity index (χ0) is 22.9. The standard InChI is InChI=1S/C23H17FN4O5/c24-16-6-14(21-15(7-16)11-32-12-33-21)10-28-19-8-17(3-4-18(19)20(27-31)23(28)30)26-22(29)13-2-1-5-25-9-13/h1-9,30H,10-12H2,(H,26,29). The number of aromatic hydroxyl groups is 1. The third-order valence-corrected chi connectivity index (χ3v) is 5.36. The lowest BCUT2D eigenvalue weighted by Gasteiger charge is -2.21. The molecule has 1 aliphatic heterocycles. The van der Waals surface area contributed by atoms with Gasteiger partial charge in [-0.1, -0.05) is 0 Å². The van der Waals surface area contributed by atoms with Crippen molar-refractivity contribution in [3.63, 3.8) is 0 Å². The molecule has 2 aromatic heterocycles. The van der Waals surface area contributed by atoms with E-state index in [4.69, 9.17) is 9.47 Å². The van der Waals surface area contributed by atoms with Gasteiger partial charge in [0.1, 0.15) is 11.6 Å². The topological polar surface area (TPSA) is 115 Å². The molecule has 5 rings (SSSR count). The molecule has 1 amide bonds. The number of benzene rings is 2. The van der Waals surface area contributed by atoms with E-state index in [1.54, 1.807) is 36.5 Å². The van der Waals surface area contributed by atoms with Crippen LogP contribution in [0.5, 0.6) is 11.6 Å². The van der Waals surface area contributed by atoms with Gasteiger partial charge >= 0.3 is 0 Å². The monoisotopic (exact) mass is 448 g/mol. The maximum absolute atomic E-state index is 14.2. The Balaban J connectivity index is 1.57. The summed E-state index contributed by atoms with van der Waals surface area (Å²) < 4.78 is 26.4. The highest BCUT2D eigenvalue weighted by atomic mass is 19.1. The number of rotatable bonds is 5. The predicted molar refractivity (Wildman–Crippen MR) is 117 cm³/mol. The Morgan fingerprint density at radius 3 is 2.94 bits per heavy atom. The van der Waals surface area contributed by atoms with Crippen LogP contribution in [-0.4, -0.2) is 27.4 Å². The fraction of sp³-hybridized carbons (Fsp3) is 0.130. The number of nitroso groups, excluding NO2 is 1. The van der Waals surface area contributed by atoms with E-state index in [-0.39, 0.29) is 37.4 Å². The molecule has 4 aromatic rings. The molecule has 0 radical (unpaired) electrons. The summed E-state index contributed by atoms with van der Waals surface area (Å²) in [5.74, 6) is -0.760. The second-order valence-electron chi connectivity index (χ2n) is 7.44. The quantitative estimate of drug-likeness (QED) is 0.436. The molecule has 0 spiro atoms. The van der Waals surface area contributed by atoms with Crippen LogP contribution >= 0.6 is 0 Å². The van der Waals surface area contributed by atoms with Crippen LogP contribution < -0.4 is 10.1 Å². The highest BCUT2D eigenvalue weighted by Gasteiger charge is 2.22. The maximum Gasteiger partial charge on any atom is 0.257 e. The number of halogens is 1. The molecule has 0 saturated carbocycles. The minimum atomic E-state index is -0.480. The highest BCUT2D eigenvalue weighted by molar-refractivity contribution is 6.05. The number of amides is 1. The number of carbonyl (C=O) groups excluding carboxylic acids is 1. The summed E-state index contributed by atoms with van der Waals surface area (Å²) in [5.41, 5.74) is 2.09. The molecule has 2 aromatic carbocycles. The number of carbonyl (C=O) groups is 1. The van der Waals surface area contributed by atoms with Gasteiger partial charge in [0, 0.05) is 34.6 Å². The average Bonchev–Trinajstić information content (AvgIpc) is 3.09. The summed E-state index contributed by atoms with van der Waals surface area (Å²) in [6, 6.07) is 10.7. The first-order chi connectivity index (χ1) is 16.0. The number of nitrogens with zero attached hydrogens (tertiary/aromatic N) is 3. The Labute approximate surface area is 186 Å². The number of hydrogen-bond donors (Lipinski definition) is 2. The van der Waals surface area contributed by atoms with Crippen molar-refractivity contribution < 1.29 is 23.8 Å². The summed E-state index contributed by atoms with van der Waals surface area (Å²) >= 11 is 0. The van der Waals surface area contributed by atoms with Gasteiger partial charge in [-0.2, -0.15) is 0 Å². The predicted octanol–water partition coefficient (Wildman–Crippen LogP) is 4.45. The first-order valence-electron chi connectivity index (χ1n) is 9.97. The largest absolute Gasteiger partial charge is 0.493 e. The summed E-state index contributed by atoms with van der Waals surface area (Å²) in [7, 11) is 0. The summed E-state index contributed by atoms with van der Waals surface area (Å²) in [5, 5.41) is 16.8. The molecule has 9 nitrogen and oxygen atoms in total. The van der Waals surface area contributed by atoms with Crippen molar-refractivity contribution in [3.8, 4) is 11.6 Å². The lowest BCUT2D eigenvalue weighted by Crippen LogP contribution is -2.15. The number of ether oxygens (including phenoxy) is 2. The second-order valence-corrected chi connectivity index (χ2v) is 7.44. The maximum atomic E-state index is 14.2. The number of anilines is 1. The summed E-state index contributed by atoms with van der Waals surface area (Å²) in [6.07, 6.45) is 3.00. The number of hydrogen-bond acceptors (Lipinski definition) is 7. The van der Waals surface area contributed by atoms with Gasteiger partial charge in [0.15, 0.2) is 12.5 Å². The molecule has 2 N–H and O–H groups in total. The molecule has 1 aliphatic rings. The molecule has 10 heteroatoms. The molecule has 166 valence electrons. The van der Waals surface area contributed by atoms with Crippen molar-refractivity contribution in [3.05, 3.63) is 82.3 Å². The van der Waals surface area contributed by atoms with Crippen LogP contribution in [0.4, 0.5) is 15.8 Å². The van der Waals surface area contributed by atoms with Gasteiger partial charge in [0.05, 0.1) is 24.2 Å². The van der Waals surface area contributed by atoms with Crippen LogP contribution in [0.2, 0.25) is 0 Å². The van der Waals surface area contributed by atoms with Crippen LogP contribution in [0.1, 0.15) is 21.5 Å². The molecule has 3 heterocycles. The van der Waals surface area contributed by atoms with Crippen LogP contribution in [0.3, 0.4) is 0 Å². The van der Waals surface area contributed by atoms with E-state index in [0.29, 0.717) is 39.0 Å². The van der Waals surface area contributed by atoms with Crippen LogP contribution in [0, 0.1) is 10.7 Å². The van der Waals surface area contributed by atoms with Crippen molar-refractivity contribution in [2.45, 2.75) is 13.2 Å². The minimum Gasteiger partial charge on any atom is -0.493 e. The summed E-state index contributed by atoms with van der Waals surface area (Å²) in [6.45, 7) is 0.220. The van der Waals surface area contributed by atoms with Crippen LogP contribution in [0.15, 0.2) is 60.0 Å². The van der Waals surface area contributed by atoms with Gasteiger partial charge < -0.3 is 24.5 Å². The molecule has 33 heavy (non-hydrogen) atoms. The Morgan fingerprint density at radius 2 is 2.15 bits per heavy atom.